The second kappa shape index (κ2) is 7.64. The van der Waals surface area contributed by atoms with Crippen LogP contribution in [0.3, 0.4) is 0 Å². The summed E-state index contributed by atoms with van der Waals surface area (Å²) >= 11 is 8.95. The van der Waals surface area contributed by atoms with Gasteiger partial charge < -0.3 is 14.8 Å². The number of thiol groups is 2. The maximum absolute atomic E-state index is 5.17. The van der Waals surface area contributed by atoms with Crippen LogP contribution in [0.1, 0.15) is 11.1 Å². The number of rotatable bonds is 6. The van der Waals surface area contributed by atoms with Crippen LogP contribution in [0.25, 0.3) is 0 Å². The Hall–Kier alpha value is -1.30. The van der Waals surface area contributed by atoms with Gasteiger partial charge >= 0.3 is 0 Å². The largest absolute Gasteiger partial charge is 0.497 e. The standard InChI is InChI=1S/C16H19NO2S2/c1-18-13-5-3-11(15(20)7-13)9-17-10-12-4-6-14(19-2)8-16(12)21/h3-8,17,20-21H,9-10H2,1-2H3. The Morgan fingerprint density at radius 3 is 1.57 bits per heavy atom. The summed E-state index contributed by atoms with van der Waals surface area (Å²) in [6, 6.07) is 11.7. The Kier molecular flexibility index (Phi) is 5.85. The highest BCUT2D eigenvalue weighted by Crippen LogP contribution is 2.22. The van der Waals surface area contributed by atoms with Crippen molar-refractivity contribution in [3.05, 3.63) is 47.5 Å². The minimum Gasteiger partial charge on any atom is -0.497 e. The molecule has 2 aromatic rings. The molecule has 0 aliphatic carbocycles. The van der Waals surface area contributed by atoms with Crippen LogP contribution < -0.4 is 14.8 Å². The molecule has 0 saturated carbocycles. The van der Waals surface area contributed by atoms with Gasteiger partial charge in [0, 0.05) is 22.9 Å². The highest BCUT2D eigenvalue weighted by atomic mass is 32.1. The molecule has 2 aromatic carbocycles. The summed E-state index contributed by atoms with van der Waals surface area (Å²) < 4.78 is 10.3. The quantitative estimate of drug-likeness (QED) is 0.711. The van der Waals surface area contributed by atoms with Gasteiger partial charge in [0.05, 0.1) is 14.2 Å². The highest BCUT2D eigenvalue weighted by molar-refractivity contribution is 7.80. The summed E-state index contributed by atoms with van der Waals surface area (Å²) in [7, 11) is 3.30. The smallest absolute Gasteiger partial charge is 0.119 e. The second-order valence-electron chi connectivity index (χ2n) is 4.59. The van der Waals surface area contributed by atoms with Gasteiger partial charge in [0.1, 0.15) is 11.5 Å². The maximum Gasteiger partial charge on any atom is 0.119 e. The first-order chi connectivity index (χ1) is 10.1. The van der Waals surface area contributed by atoms with Crippen molar-refractivity contribution in [2.75, 3.05) is 14.2 Å². The lowest BCUT2D eigenvalue weighted by atomic mass is 10.2. The van der Waals surface area contributed by atoms with E-state index in [-0.39, 0.29) is 0 Å². The zero-order valence-corrected chi connectivity index (χ0v) is 13.9. The van der Waals surface area contributed by atoms with Crippen molar-refractivity contribution in [3.63, 3.8) is 0 Å². The average molecular weight is 321 g/mol. The van der Waals surface area contributed by atoms with Crippen molar-refractivity contribution in [1.29, 1.82) is 0 Å². The zero-order chi connectivity index (χ0) is 15.2. The van der Waals surface area contributed by atoms with Crippen molar-refractivity contribution < 1.29 is 9.47 Å². The number of nitrogens with one attached hydrogen (secondary N) is 1. The first-order valence-electron chi connectivity index (χ1n) is 6.56. The van der Waals surface area contributed by atoms with Gasteiger partial charge in [-0.05, 0) is 35.4 Å². The summed E-state index contributed by atoms with van der Waals surface area (Å²) in [6.07, 6.45) is 0. The van der Waals surface area contributed by atoms with Gasteiger partial charge in [0.2, 0.25) is 0 Å². The fourth-order valence-electron chi connectivity index (χ4n) is 1.97. The zero-order valence-electron chi connectivity index (χ0n) is 12.1. The highest BCUT2D eigenvalue weighted by Gasteiger charge is 2.04. The minimum absolute atomic E-state index is 0.738. The molecule has 0 aliphatic rings. The van der Waals surface area contributed by atoms with Gasteiger partial charge in [-0.3, -0.25) is 0 Å². The number of methoxy groups -OCH3 is 2. The predicted molar refractivity (Wildman–Crippen MR) is 91.0 cm³/mol. The Bertz CT molecular complexity index is 564. The molecule has 0 atom stereocenters. The fraction of sp³-hybridized carbons (Fsp3) is 0.250. The fourth-order valence-corrected chi connectivity index (χ4v) is 2.53. The van der Waals surface area contributed by atoms with E-state index in [2.05, 4.69) is 30.6 Å². The Labute approximate surface area is 136 Å². The van der Waals surface area contributed by atoms with Crippen LogP contribution in [0.15, 0.2) is 46.2 Å². The Balaban J connectivity index is 1.95. The molecule has 0 amide bonds. The van der Waals surface area contributed by atoms with E-state index in [1.54, 1.807) is 14.2 Å². The molecule has 0 fully saturated rings. The lowest BCUT2D eigenvalue weighted by Crippen LogP contribution is -2.13. The van der Waals surface area contributed by atoms with Gasteiger partial charge in [0.25, 0.3) is 0 Å². The van der Waals surface area contributed by atoms with Gasteiger partial charge in [-0.25, -0.2) is 0 Å². The van der Waals surface area contributed by atoms with Gasteiger partial charge in [0.15, 0.2) is 0 Å². The first-order valence-corrected chi connectivity index (χ1v) is 7.46. The normalized spacial score (nSPS) is 10.5. The number of hydrogen-bond donors (Lipinski definition) is 3. The molecule has 0 saturated heterocycles. The molecule has 0 bridgehead atoms. The third-order valence-corrected chi connectivity index (χ3v) is 4.05. The second-order valence-corrected chi connectivity index (χ2v) is 5.56. The lowest BCUT2D eigenvalue weighted by Gasteiger charge is -2.11. The van der Waals surface area contributed by atoms with Crippen LogP contribution in [0.2, 0.25) is 0 Å². The molecule has 0 unspecified atom stereocenters. The third kappa shape index (κ3) is 4.33. The molecular formula is C16H19NO2S2. The van der Waals surface area contributed by atoms with Crippen LogP contribution in [0, 0.1) is 0 Å². The molecule has 112 valence electrons. The Morgan fingerprint density at radius 2 is 1.24 bits per heavy atom. The third-order valence-electron chi connectivity index (χ3n) is 3.22. The molecule has 3 nitrogen and oxygen atoms in total. The SMILES string of the molecule is COc1ccc(CNCc2ccc(OC)cc2S)c(S)c1. The van der Waals surface area contributed by atoms with E-state index in [4.69, 9.17) is 9.47 Å². The van der Waals surface area contributed by atoms with Crippen molar-refractivity contribution >= 4 is 25.3 Å². The summed E-state index contributed by atoms with van der Waals surface area (Å²) in [5.74, 6) is 1.63. The molecule has 0 aliphatic heterocycles. The summed E-state index contributed by atoms with van der Waals surface area (Å²) in [6.45, 7) is 1.48. The number of benzene rings is 2. The molecule has 0 heterocycles. The molecule has 0 aromatic heterocycles. The van der Waals surface area contributed by atoms with Crippen LogP contribution in [0.5, 0.6) is 11.5 Å². The number of ether oxygens (including phenoxy) is 2. The summed E-state index contributed by atoms with van der Waals surface area (Å²) in [5.41, 5.74) is 2.27. The minimum atomic E-state index is 0.738. The van der Waals surface area contributed by atoms with Crippen LogP contribution >= 0.6 is 25.3 Å². The molecular weight excluding hydrogens is 302 g/mol. The van der Waals surface area contributed by atoms with Gasteiger partial charge in [-0.2, -0.15) is 0 Å². The van der Waals surface area contributed by atoms with E-state index in [9.17, 15) is 0 Å². The van der Waals surface area contributed by atoms with E-state index < -0.39 is 0 Å². The van der Waals surface area contributed by atoms with Crippen molar-refractivity contribution in [2.24, 2.45) is 0 Å². The molecule has 21 heavy (non-hydrogen) atoms. The number of hydrogen-bond acceptors (Lipinski definition) is 5. The average Bonchev–Trinajstić information content (AvgIpc) is 2.50. The summed E-state index contributed by atoms with van der Waals surface area (Å²) in [5, 5.41) is 3.40. The van der Waals surface area contributed by atoms with Gasteiger partial charge in [-0.15, -0.1) is 25.3 Å². The molecule has 0 radical (unpaired) electrons. The van der Waals surface area contributed by atoms with Crippen LogP contribution in [-0.2, 0) is 13.1 Å². The monoisotopic (exact) mass is 321 g/mol. The van der Waals surface area contributed by atoms with E-state index in [1.165, 1.54) is 0 Å². The molecule has 0 spiro atoms. The van der Waals surface area contributed by atoms with Crippen molar-refractivity contribution in [2.45, 2.75) is 22.9 Å². The molecule has 1 N–H and O–H groups in total. The molecule has 5 heteroatoms. The van der Waals surface area contributed by atoms with E-state index in [1.807, 2.05) is 36.4 Å². The molecule has 2 rings (SSSR count). The predicted octanol–water partition coefficient (Wildman–Crippen LogP) is 3.57. The van der Waals surface area contributed by atoms with Crippen LogP contribution in [-0.4, -0.2) is 14.2 Å². The van der Waals surface area contributed by atoms with E-state index >= 15 is 0 Å². The van der Waals surface area contributed by atoms with Crippen molar-refractivity contribution in [3.8, 4) is 11.5 Å². The van der Waals surface area contributed by atoms with Crippen LogP contribution in [0.4, 0.5) is 0 Å². The first kappa shape index (κ1) is 16.1. The van der Waals surface area contributed by atoms with E-state index in [0.29, 0.717) is 0 Å². The van der Waals surface area contributed by atoms with E-state index in [0.717, 1.165) is 45.5 Å². The Morgan fingerprint density at radius 1 is 0.810 bits per heavy atom. The summed E-state index contributed by atoms with van der Waals surface area (Å²) in [4.78, 5) is 1.84. The maximum atomic E-state index is 5.17. The topological polar surface area (TPSA) is 30.5 Å². The lowest BCUT2D eigenvalue weighted by molar-refractivity contribution is 0.413. The van der Waals surface area contributed by atoms with Gasteiger partial charge in [-0.1, -0.05) is 12.1 Å². The van der Waals surface area contributed by atoms with Crippen molar-refractivity contribution in [1.82, 2.24) is 5.32 Å².